The number of carbonyl (C=O) groups excluding carboxylic acids is 1. The molecule has 1 amide bonds. The predicted molar refractivity (Wildman–Crippen MR) is 141 cm³/mol. The average molecular weight is 512 g/mol. The molecule has 2 fully saturated rings. The minimum absolute atomic E-state index is 0.0844. The number of aryl methyl sites for hydroxylation is 1. The number of fused-ring (bicyclic) bond motifs is 2. The second-order valence-corrected chi connectivity index (χ2v) is 10.5. The van der Waals surface area contributed by atoms with Gasteiger partial charge in [-0.3, -0.25) is 14.2 Å². The summed E-state index contributed by atoms with van der Waals surface area (Å²) in [5.41, 5.74) is 2.97. The smallest absolute Gasteiger partial charge is 0.281 e. The number of aromatic nitrogens is 4. The lowest BCUT2D eigenvalue weighted by molar-refractivity contribution is -0.131. The summed E-state index contributed by atoms with van der Waals surface area (Å²) < 4.78 is 24.4. The Bertz CT molecular complexity index is 1780. The van der Waals surface area contributed by atoms with Gasteiger partial charge in [0.2, 0.25) is 5.91 Å². The first-order valence-electron chi connectivity index (χ1n) is 12.9. The quantitative estimate of drug-likeness (QED) is 0.344. The Morgan fingerprint density at radius 1 is 1.11 bits per heavy atom. The third kappa shape index (κ3) is 3.81. The van der Waals surface area contributed by atoms with E-state index in [1.165, 1.54) is 6.07 Å². The summed E-state index contributed by atoms with van der Waals surface area (Å²) in [5.74, 6) is 0.275. The van der Waals surface area contributed by atoms with E-state index in [9.17, 15) is 9.59 Å². The molecular formula is C29H26FN5O3. The van der Waals surface area contributed by atoms with Crippen LogP contribution in [0.3, 0.4) is 0 Å². The van der Waals surface area contributed by atoms with Gasteiger partial charge in [0.15, 0.2) is 11.2 Å². The molecule has 1 saturated heterocycles. The second-order valence-electron chi connectivity index (χ2n) is 10.5. The highest BCUT2D eigenvalue weighted by Crippen LogP contribution is 2.34. The van der Waals surface area contributed by atoms with Crippen molar-refractivity contribution < 1.29 is 13.6 Å². The molecule has 2 aliphatic rings. The summed E-state index contributed by atoms with van der Waals surface area (Å²) in [4.78, 5) is 37.1. The number of furan rings is 1. The number of hydrogen-bond acceptors (Lipinski definition) is 5. The Kier molecular flexibility index (Phi) is 5.21. The maximum absolute atomic E-state index is 15.7. The zero-order valence-electron chi connectivity index (χ0n) is 20.9. The topological polar surface area (TPSA) is 86.2 Å². The standard InChI is InChI=1S/C29H26FN5O3/c1-33-16-31-25-27(33)32-26(35(29(25)37)15-17-8-10-34(14-17)28(36)18-2-3-18)22-6-4-20(13-23(22)30)19-5-7-24-21(12-19)9-11-38-24/h4-7,9,11-13,16-18H,2-3,8,10,14-15H2,1H3. The van der Waals surface area contributed by atoms with Crippen LogP contribution in [-0.4, -0.2) is 43.0 Å². The normalized spacial score (nSPS) is 17.6. The Morgan fingerprint density at radius 3 is 2.74 bits per heavy atom. The fourth-order valence-electron chi connectivity index (χ4n) is 5.52. The molecule has 3 aromatic heterocycles. The van der Waals surface area contributed by atoms with Crippen LogP contribution >= 0.6 is 0 Å². The Balaban J connectivity index is 1.27. The molecule has 0 bridgehead atoms. The van der Waals surface area contributed by atoms with Crippen LogP contribution in [0.5, 0.6) is 0 Å². The number of imidazole rings is 1. The van der Waals surface area contributed by atoms with Gasteiger partial charge in [-0.05, 0) is 66.6 Å². The van der Waals surface area contributed by atoms with Crippen LogP contribution in [0, 0.1) is 17.7 Å². The van der Waals surface area contributed by atoms with Gasteiger partial charge in [-0.2, -0.15) is 0 Å². The third-order valence-corrected chi connectivity index (χ3v) is 7.78. The number of nitrogens with zero attached hydrogens (tertiary/aromatic N) is 5. The molecule has 7 rings (SSSR count). The lowest BCUT2D eigenvalue weighted by Gasteiger charge is -2.19. The van der Waals surface area contributed by atoms with Gasteiger partial charge in [0.25, 0.3) is 5.56 Å². The van der Waals surface area contributed by atoms with Gasteiger partial charge in [-0.1, -0.05) is 12.1 Å². The number of amides is 1. The summed E-state index contributed by atoms with van der Waals surface area (Å²) in [7, 11) is 1.76. The van der Waals surface area contributed by atoms with Crippen LogP contribution in [0.15, 0.2) is 64.3 Å². The zero-order valence-corrected chi connectivity index (χ0v) is 20.9. The largest absolute Gasteiger partial charge is 0.464 e. The van der Waals surface area contributed by atoms with Crippen molar-refractivity contribution in [1.82, 2.24) is 24.0 Å². The minimum Gasteiger partial charge on any atom is -0.464 e. The molecule has 8 nitrogen and oxygen atoms in total. The van der Waals surface area contributed by atoms with E-state index in [0.717, 1.165) is 41.4 Å². The van der Waals surface area contributed by atoms with Gasteiger partial charge in [0.05, 0.1) is 18.2 Å². The highest BCUT2D eigenvalue weighted by atomic mass is 19.1. The molecule has 5 aromatic rings. The molecule has 1 aliphatic heterocycles. The van der Waals surface area contributed by atoms with Gasteiger partial charge < -0.3 is 13.9 Å². The summed E-state index contributed by atoms with van der Waals surface area (Å²) in [6, 6.07) is 12.6. The van der Waals surface area contributed by atoms with E-state index in [2.05, 4.69) is 4.98 Å². The van der Waals surface area contributed by atoms with Crippen molar-refractivity contribution in [3.8, 4) is 22.5 Å². The first-order valence-corrected chi connectivity index (χ1v) is 12.9. The molecule has 0 radical (unpaired) electrons. The summed E-state index contributed by atoms with van der Waals surface area (Å²) in [6.45, 7) is 1.63. The van der Waals surface area contributed by atoms with E-state index < -0.39 is 5.82 Å². The SMILES string of the molecule is Cn1cnc2c(=O)n(CC3CCN(C(=O)C4CC4)C3)c(-c3ccc(-c4ccc5occc5c4)cc3F)nc21. The van der Waals surface area contributed by atoms with Crippen LogP contribution in [0.2, 0.25) is 0 Å². The van der Waals surface area contributed by atoms with Crippen LogP contribution in [0.25, 0.3) is 44.6 Å². The van der Waals surface area contributed by atoms with Crippen molar-refractivity contribution in [3.63, 3.8) is 0 Å². The molecule has 1 saturated carbocycles. The minimum atomic E-state index is -0.464. The fraction of sp³-hybridized carbons (Fsp3) is 0.310. The van der Waals surface area contributed by atoms with E-state index in [0.29, 0.717) is 25.3 Å². The fourth-order valence-corrected chi connectivity index (χ4v) is 5.52. The molecule has 1 aliphatic carbocycles. The number of rotatable bonds is 5. The Morgan fingerprint density at radius 2 is 1.92 bits per heavy atom. The molecule has 38 heavy (non-hydrogen) atoms. The van der Waals surface area contributed by atoms with Gasteiger partial charge >= 0.3 is 0 Å². The van der Waals surface area contributed by atoms with E-state index >= 15 is 4.39 Å². The van der Waals surface area contributed by atoms with Crippen molar-refractivity contribution in [1.29, 1.82) is 0 Å². The summed E-state index contributed by atoms with van der Waals surface area (Å²) in [5, 5.41) is 0.940. The van der Waals surface area contributed by atoms with Crippen molar-refractivity contribution >= 4 is 28.0 Å². The lowest BCUT2D eigenvalue weighted by Crippen LogP contribution is -2.32. The van der Waals surface area contributed by atoms with Crippen molar-refractivity contribution in [2.75, 3.05) is 13.1 Å². The molecule has 192 valence electrons. The van der Waals surface area contributed by atoms with E-state index in [1.54, 1.807) is 34.8 Å². The summed E-state index contributed by atoms with van der Waals surface area (Å²) in [6.07, 6.45) is 5.90. The maximum atomic E-state index is 15.7. The molecule has 1 atom stereocenters. The van der Waals surface area contributed by atoms with Gasteiger partial charge in [-0.15, -0.1) is 0 Å². The van der Waals surface area contributed by atoms with Gasteiger partial charge in [0.1, 0.15) is 17.2 Å². The first kappa shape index (κ1) is 22.9. The predicted octanol–water partition coefficient (Wildman–Crippen LogP) is 4.61. The Hall–Kier alpha value is -4.27. The second kappa shape index (κ2) is 8.65. The lowest BCUT2D eigenvalue weighted by atomic mass is 10.0. The molecule has 0 N–H and O–H groups in total. The molecular weight excluding hydrogens is 485 g/mol. The number of hydrogen-bond donors (Lipinski definition) is 0. The molecule has 2 aromatic carbocycles. The van der Waals surface area contributed by atoms with Crippen LogP contribution in [-0.2, 0) is 18.4 Å². The number of halogens is 1. The molecule has 1 unspecified atom stereocenters. The summed E-state index contributed by atoms with van der Waals surface area (Å²) >= 11 is 0. The van der Waals surface area contributed by atoms with Crippen molar-refractivity contribution in [2.24, 2.45) is 18.9 Å². The maximum Gasteiger partial charge on any atom is 0.281 e. The van der Waals surface area contributed by atoms with E-state index in [1.807, 2.05) is 35.2 Å². The number of carbonyl (C=O) groups is 1. The van der Waals surface area contributed by atoms with Crippen LogP contribution in [0.4, 0.5) is 4.39 Å². The Labute approximate surface area is 217 Å². The molecule has 4 heterocycles. The van der Waals surface area contributed by atoms with Gasteiger partial charge in [-0.25, -0.2) is 14.4 Å². The van der Waals surface area contributed by atoms with Crippen molar-refractivity contribution in [3.05, 3.63) is 71.2 Å². The average Bonchev–Trinajstić information content (AvgIpc) is 3.29. The van der Waals surface area contributed by atoms with E-state index in [-0.39, 0.29) is 40.2 Å². The highest BCUT2D eigenvalue weighted by Gasteiger charge is 2.37. The number of benzene rings is 2. The molecule has 9 heteroatoms. The van der Waals surface area contributed by atoms with E-state index in [4.69, 9.17) is 9.40 Å². The van der Waals surface area contributed by atoms with Crippen LogP contribution < -0.4 is 5.56 Å². The van der Waals surface area contributed by atoms with Crippen LogP contribution in [0.1, 0.15) is 19.3 Å². The third-order valence-electron chi connectivity index (χ3n) is 7.78. The first-order chi connectivity index (χ1) is 18.5. The van der Waals surface area contributed by atoms with Gasteiger partial charge in [0, 0.05) is 38.0 Å². The van der Waals surface area contributed by atoms with Crippen molar-refractivity contribution in [2.45, 2.75) is 25.8 Å². The highest BCUT2D eigenvalue weighted by molar-refractivity contribution is 5.84. The monoisotopic (exact) mass is 511 g/mol. The molecule has 0 spiro atoms. The number of likely N-dealkylation sites (tertiary alicyclic amines) is 1. The zero-order chi connectivity index (χ0) is 26.0.